The van der Waals surface area contributed by atoms with Crippen molar-refractivity contribution in [3.8, 4) is 11.3 Å². The Morgan fingerprint density at radius 2 is 1.71 bits per heavy atom. The summed E-state index contributed by atoms with van der Waals surface area (Å²) in [4.78, 5) is 14.7. The highest BCUT2D eigenvalue weighted by Gasteiger charge is 2.21. The van der Waals surface area contributed by atoms with Crippen molar-refractivity contribution in [3.63, 3.8) is 0 Å². The normalized spacial score (nSPS) is 15.3. The standard InChI is InChI=1S/C22H24N4O2/c27-22(24-21-15-20(28-25-21)18-9-5-2-6-10-18)23-19-11-13-26(14-12-19)16-17-7-3-1-4-8-17/h1-10,15,19H,11-14,16H2,(H2,23,24,25,27). The maximum atomic E-state index is 12.3. The van der Waals surface area contributed by atoms with Gasteiger partial charge in [0.1, 0.15) is 0 Å². The monoisotopic (exact) mass is 376 g/mol. The van der Waals surface area contributed by atoms with E-state index in [4.69, 9.17) is 4.52 Å². The van der Waals surface area contributed by atoms with E-state index < -0.39 is 0 Å². The molecule has 2 N–H and O–H groups in total. The quantitative estimate of drug-likeness (QED) is 0.702. The molecule has 1 aromatic heterocycles. The molecule has 0 atom stereocenters. The van der Waals surface area contributed by atoms with E-state index in [1.54, 1.807) is 6.07 Å². The first-order valence-corrected chi connectivity index (χ1v) is 9.62. The molecule has 144 valence electrons. The number of hydrogen-bond acceptors (Lipinski definition) is 4. The molecule has 4 rings (SSSR count). The molecule has 2 heterocycles. The predicted molar refractivity (Wildman–Crippen MR) is 109 cm³/mol. The summed E-state index contributed by atoms with van der Waals surface area (Å²) < 4.78 is 5.31. The van der Waals surface area contributed by atoms with Crippen LogP contribution in [-0.4, -0.2) is 35.2 Å². The second-order valence-corrected chi connectivity index (χ2v) is 7.08. The number of urea groups is 1. The molecular weight excluding hydrogens is 352 g/mol. The number of piperidine rings is 1. The highest BCUT2D eigenvalue weighted by atomic mass is 16.5. The zero-order chi connectivity index (χ0) is 19.2. The lowest BCUT2D eigenvalue weighted by Gasteiger charge is -2.32. The van der Waals surface area contributed by atoms with Gasteiger partial charge in [-0.15, -0.1) is 0 Å². The summed E-state index contributed by atoms with van der Waals surface area (Å²) in [5.41, 5.74) is 2.25. The molecule has 1 aliphatic heterocycles. The zero-order valence-electron chi connectivity index (χ0n) is 15.7. The van der Waals surface area contributed by atoms with Gasteiger partial charge < -0.3 is 9.84 Å². The molecule has 6 nitrogen and oxygen atoms in total. The third-order valence-electron chi connectivity index (χ3n) is 4.98. The minimum absolute atomic E-state index is 0.174. The first-order chi connectivity index (χ1) is 13.8. The molecule has 0 unspecified atom stereocenters. The lowest BCUT2D eigenvalue weighted by Crippen LogP contribution is -2.45. The fourth-order valence-electron chi connectivity index (χ4n) is 3.49. The highest BCUT2D eigenvalue weighted by molar-refractivity contribution is 5.88. The third kappa shape index (κ3) is 4.78. The van der Waals surface area contributed by atoms with Crippen LogP contribution >= 0.6 is 0 Å². The Morgan fingerprint density at radius 3 is 2.43 bits per heavy atom. The van der Waals surface area contributed by atoms with Crippen LogP contribution in [0.1, 0.15) is 18.4 Å². The van der Waals surface area contributed by atoms with E-state index in [0.717, 1.165) is 38.0 Å². The molecule has 0 aliphatic carbocycles. The number of nitrogens with one attached hydrogen (secondary N) is 2. The van der Waals surface area contributed by atoms with Gasteiger partial charge in [-0.1, -0.05) is 65.8 Å². The lowest BCUT2D eigenvalue weighted by molar-refractivity contribution is 0.190. The van der Waals surface area contributed by atoms with Crippen molar-refractivity contribution in [2.24, 2.45) is 0 Å². The van der Waals surface area contributed by atoms with Gasteiger partial charge in [-0.05, 0) is 18.4 Å². The van der Waals surface area contributed by atoms with Crippen LogP contribution < -0.4 is 10.6 Å². The fourth-order valence-corrected chi connectivity index (χ4v) is 3.49. The average Bonchev–Trinajstić information content (AvgIpc) is 3.19. The first-order valence-electron chi connectivity index (χ1n) is 9.62. The maximum absolute atomic E-state index is 12.3. The summed E-state index contributed by atoms with van der Waals surface area (Å²) >= 11 is 0. The predicted octanol–water partition coefficient (Wildman–Crippen LogP) is 4.13. The Labute approximate surface area is 164 Å². The van der Waals surface area contributed by atoms with Crippen molar-refractivity contribution < 1.29 is 9.32 Å². The summed E-state index contributed by atoms with van der Waals surface area (Å²) in [5.74, 6) is 1.04. The summed E-state index contributed by atoms with van der Waals surface area (Å²) in [5, 5.41) is 9.73. The van der Waals surface area contributed by atoms with Gasteiger partial charge >= 0.3 is 6.03 Å². The number of benzene rings is 2. The molecule has 2 amide bonds. The Kier molecular flexibility index (Phi) is 5.68. The van der Waals surface area contributed by atoms with Crippen LogP contribution in [0.3, 0.4) is 0 Å². The van der Waals surface area contributed by atoms with Crippen LogP contribution in [-0.2, 0) is 6.54 Å². The molecule has 2 aromatic carbocycles. The van der Waals surface area contributed by atoms with Crippen molar-refractivity contribution >= 4 is 11.8 Å². The Morgan fingerprint density at radius 1 is 1.04 bits per heavy atom. The number of carbonyl (C=O) groups is 1. The van der Waals surface area contributed by atoms with Crippen LogP contribution in [0.5, 0.6) is 0 Å². The first kappa shape index (κ1) is 18.3. The third-order valence-corrected chi connectivity index (χ3v) is 4.98. The minimum atomic E-state index is -0.241. The van der Waals surface area contributed by atoms with Gasteiger partial charge in [-0.2, -0.15) is 0 Å². The van der Waals surface area contributed by atoms with Gasteiger partial charge in [0.15, 0.2) is 11.6 Å². The van der Waals surface area contributed by atoms with Crippen LogP contribution in [0.4, 0.5) is 10.6 Å². The number of carbonyl (C=O) groups excluding carboxylic acids is 1. The summed E-state index contributed by atoms with van der Waals surface area (Å²) in [6.45, 7) is 2.91. The lowest BCUT2D eigenvalue weighted by atomic mass is 10.0. The van der Waals surface area contributed by atoms with Crippen molar-refractivity contribution in [1.82, 2.24) is 15.4 Å². The highest BCUT2D eigenvalue weighted by Crippen LogP contribution is 2.22. The number of aromatic nitrogens is 1. The second kappa shape index (κ2) is 8.71. The van der Waals surface area contributed by atoms with Crippen molar-refractivity contribution in [2.45, 2.75) is 25.4 Å². The molecule has 1 saturated heterocycles. The SMILES string of the molecule is O=C(Nc1cc(-c2ccccc2)on1)NC1CCN(Cc2ccccc2)CC1. The molecule has 1 aliphatic rings. The van der Waals surface area contributed by atoms with Crippen molar-refractivity contribution in [2.75, 3.05) is 18.4 Å². The second-order valence-electron chi connectivity index (χ2n) is 7.08. The van der Waals surface area contributed by atoms with Gasteiger partial charge in [-0.25, -0.2) is 4.79 Å². The molecule has 0 radical (unpaired) electrons. The van der Waals surface area contributed by atoms with E-state index in [9.17, 15) is 4.79 Å². The van der Waals surface area contributed by atoms with E-state index in [1.807, 2.05) is 36.4 Å². The van der Waals surface area contributed by atoms with Gasteiger partial charge in [0.25, 0.3) is 0 Å². The van der Waals surface area contributed by atoms with Gasteiger partial charge in [0, 0.05) is 37.3 Å². The molecular formula is C22H24N4O2. The minimum Gasteiger partial charge on any atom is -0.354 e. The number of amides is 2. The van der Waals surface area contributed by atoms with E-state index in [0.29, 0.717) is 11.6 Å². The van der Waals surface area contributed by atoms with Crippen molar-refractivity contribution in [3.05, 3.63) is 72.3 Å². The number of likely N-dealkylation sites (tertiary alicyclic amines) is 1. The summed E-state index contributed by atoms with van der Waals surface area (Å²) in [6.07, 6.45) is 1.88. The summed E-state index contributed by atoms with van der Waals surface area (Å²) in [6, 6.07) is 21.8. The summed E-state index contributed by atoms with van der Waals surface area (Å²) in [7, 11) is 0. The van der Waals surface area contributed by atoms with E-state index >= 15 is 0 Å². The number of nitrogens with zero attached hydrogens (tertiary/aromatic N) is 2. The molecule has 0 bridgehead atoms. The Bertz CT molecular complexity index is 887. The fraction of sp³-hybridized carbons (Fsp3) is 0.273. The largest absolute Gasteiger partial charge is 0.354 e. The zero-order valence-corrected chi connectivity index (χ0v) is 15.7. The van der Waals surface area contributed by atoms with Gasteiger partial charge in [0.2, 0.25) is 0 Å². The smallest absolute Gasteiger partial charge is 0.320 e. The Hall–Kier alpha value is -3.12. The number of rotatable bonds is 5. The van der Waals surface area contributed by atoms with Gasteiger partial charge in [-0.3, -0.25) is 10.2 Å². The van der Waals surface area contributed by atoms with Crippen LogP contribution in [0, 0.1) is 0 Å². The van der Waals surface area contributed by atoms with Crippen LogP contribution in [0.2, 0.25) is 0 Å². The molecule has 0 spiro atoms. The molecule has 3 aromatic rings. The van der Waals surface area contributed by atoms with E-state index in [-0.39, 0.29) is 12.1 Å². The maximum Gasteiger partial charge on any atom is 0.320 e. The van der Waals surface area contributed by atoms with E-state index in [1.165, 1.54) is 5.56 Å². The van der Waals surface area contributed by atoms with Crippen LogP contribution in [0.15, 0.2) is 71.3 Å². The van der Waals surface area contributed by atoms with E-state index in [2.05, 4.69) is 45.0 Å². The molecule has 1 fully saturated rings. The number of anilines is 1. The molecule has 28 heavy (non-hydrogen) atoms. The van der Waals surface area contributed by atoms with Crippen molar-refractivity contribution in [1.29, 1.82) is 0 Å². The molecule has 0 saturated carbocycles. The Balaban J connectivity index is 1.23. The van der Waals surface area contributed by atoms with Gasteiger partial charge in [0.05, 0.1) is 0 Å². The topological polar surface area (TPSA) is 70.4 Å². The molecule has 6 heteroatoms. The van der Waals surface area contributed by atoms with Crippen LogP contribution in [0.25, 0.3) is 11.3 Å². The number of hydrogen-bond donors (Lipinski definition) is 2. The average molecular weight is 376 g/mol.